The molecule has 2 nitrogen and oxygen atoms in total. The monoisotopic (exact) mass is 341 g/mol. The molecule has 0 saturated carbocycles. The van der Waals surface area contributed by atoms with Crippen LogP contribution in [0.25, 0.3) is 0 Å². The summed E-state index contributed by atoms with van der Waals surface area (Å²) in [6, 6.07) is 14.5. The van der Waals surface area contributed by atoms with Crippen LogP contribution < -0.4 is 10.1 Å². The number of hydrogen-bond donors (Lipinski definition) is 1. The summed E-state index contributed by atoms with van der Waals surface area (Å²) in [6.45, 7) is 2.89. The minimum atomic E-state index is 0. The van der Waals surface area contributed by atoms with Crippen molar-refractivity contribution in [2.45, 2.75) is 13.5 Å². The average molecular weight is 343 g/mol. The number of ether oxygens (including phenoxy) is 1. The van der Waals surface area contributed by atoms with Crippen molar-refractivity contribution in [1.29, 1.82) is 0 Å². The molecule has 0 spiro atoms. The Kier molecular flexibility index (Phi) is 6.19. The first-order valence-corrected chi connectivity index (χ1v) is 6.61. The van der Waals surface area contributed by atoms with E-state index in [1.165, 1.54) is 11.1 Å². The van der Waals surface area contributed by atoms with Crippen LogP contribution in [0.1, 0.15) is 11.1 Å². The molecule has 19 heavy (non-hydrogen) atoms. The van der Waals surface area contributed by atoms with Crippen molar-refractivity contribution in [2.24, 2.45) is 0 Å². The predicted molar refractivity (Wildman–Crippen MR) is 86.4 cm³/mol. The predicted octanol–water partition coefficient (Wildman–Crippen LogP) is 4.80. The maximum Gasteiger partial charge on any atom is 0.133 e. The van der Waals surface area contributed by atoms with E-state index in [0.29, 0.717) is 0 Å². The van der Waals surface area contributed by atoms with Crippen LogP contribution in [0.3, 0.4) is 0 Å². The number of nitrogens with one attached hydrogen (secondary N) is 1. The Labute approximate surface area is 128 Å². The average Bonchev–Trinajstić information content (AvgIpc) is 2.37. The Bertz CT molecular complexity index is 545. The first-order chi connectivity index (χ1) is 8.69. The van der Waals surface area contributed by atoms with Gasteiger partial charge in [0.25, 0.3) is 0 Å². The minimum Gasteiger partial charge on any atom is -0.496 e. The van der Waals surface area contributed by atoms with Gasteiger partial charge in [0.15, 0.2) is 0 Å². The molecule has 0 aliphatic heterocycles. The first-order valence-electron chi connectivity index (χ1n) is 5.82. The second-order valence-corrected chi connectivity index (χ2v) is 5.05. The second-order valence-electron chi connectivity index (χ2n) is 4.19. The highest BCUT2D eigenvalue weighted by atomic mass is 79.9. The Hall–Kier alpha value is -1.19. The highest BCUT2D eigenvalue weighted by Gasteiger charge is 2.01. The van der Waals surface area contributed by atoms with Crippen LogP contribution in [0.4, 0.5) is 5.69 Å². The van der Waals surface area contributed by atoms with Crippen LogP contribution in [-0.2, 0) is 6.54 Å². The molecule has 0 bridgehead atoms. The van der Waals surface area contributed by atoms with Crippen molar-refractivity contribution in [3.05, 3.63) is 58.1 Å². The summed E-state index contributed by atoms with van der Waals surface area (Å²) in [6.07, 6.45) is 0. The van der Waals surface area contributed by atoms with E-state index < -0.39 is 0 Å². The summed E-state index contributed by atoms with van der Waals surface area (Å²) in [5.74, 6) is 0.856. The van der Waals surface area contributed by atoms with E-state index in [-0.39, 0.29) is 12.4 Å². The van der Waals surface area contributed by atoms with E-state index >= 15 is 0 Å². The number of aryl methyl sites for hydroxylation is 1. The molecule has 0 saturated heterocycles. The summed E-state index contributed by atoms with van der Waals surface area (Å²) in [7, 11) is 1.67. The van der Waals surface area contributed by atoms with Gasteiger partial charge in [-0.2, -0.15) is 0 Å². The maximum atomic E-state index is 5.21. The van der Waals surface area contributed by atoms with Crippen LogP contribution in [0.5, 0.6) is 5.75 Å². The maximum absolute atomic E-state index is 5.21. The Morgan fingerprint density at radius 2 is 1.95 bits per heavy atom. The fourth-order valence-corrected chi connectivity index (χ4v) is 2.37. The highest BCUT2D eigenvalue weighted by Crippen LogP contribution is 2.25. The van der Waals surface area contributed by atoms with E-state index in [2.05, 4.69) is 64.6 Å². The van der Waals surface area contributed by atoms with Crippen LogP contribution >= 0.6 is 28.3 Å². The van der Waals surface area contributed by atoms with Crippen molar-refractivity contribution < 1.29 is 4.74 Å². The molecule has 0 atom stereocenters. The molecule has 2 rings (SSSR count). The Morgan fingerprint density at radius 3 is 2.58 bits per heavy atom. The molecule has 2 aromatic rings. The molecule has 0 aromatic heterocycles. The lowest BCUT2D eigenvalue weighted by Gasteiger charge is -2.09. The SMILES string of the molecule is COc1ccc(CNc2cccc(C)c2)cc1Br.Cl. The molecule has 0 amide bonds. The first kappa shape index (κ1) is 15.9. The minimum absolute atomic E-state index is 0. The number of halogens is 2. The van der Waals surface area contributed by atoms with Crippen molar-refractivity contribution in [1.82, 2.24) is 0 Å². The third-order valence-electron chi connectivity index (χ3n) is 2.73. The molecule has 0 fully saturated rings. The molecule has 4 heteroatoms. The van der Waals surface area contributed by atoms with Crippen molar-refractivity contribution in [3.63, 3.8) is 0 Å². The molecule has 1 N–H and O–H groups in total. The van der Waals surface area contributed by atoms with Crippen molar-refractivity contribution >= 4 is 34.0 Å². The normalized spacial score (nSPS) is 9.63. The lowest BCUT2D eigenvalue weighted by molar-refractivity contribution is 0.412. The van der Waals surface area contributed by atoms with Crippen molar-refractivity contribution in [3.8, 4) is 5.75 Å². The smallest absolute Gasteiger partial charge is 0.133 e. The van der Waals surface area contributed by atoms with Gasteiger partial charge in [-0.1, -0.05) is 18.2 Å². The van der Waals surface area contributed by atoms with Crippen LogP contribution in [0.2, 0.25) is 0 Å². The summed E-state index contributed by atoms with van der Waals surface area (Å²) < 4.78 is 6.19. The third-order valence-corrected chi connectivity index (χ3v) is 3.35. The number of benzene rings is 2. The fraction of sp³-hybridized carbons (Fsp3) is 0.200. The van der Waals surface area contributed by atoms with Crippen LogP contribution in [0, 0.1) is 6.92 Å². The van der Waals surface area contributed by atoms with Gasteiger partial charge in [-0.3, -0.25) is 0 Å². The van der Waals surface area contributed by atoms with Gasteiger partial charge >= 0.3 is 0 Å². The van der Waals surface area contributed by atoms with Crippen LogP contribution in [0.15, 0.2) is 46.9 Å². The zero-order valence-corrected chi connectivity index (χ0v) is 13.3. The summed E-state index contributed by atoms with van der Waals surface area (Å²) in [4.78, 5) is 0. The summed E-state index contributed by atoms with van der Waals surface area (Å²) in [5.41, 5.74) is 3.61. The summed E-state index contributed by atoms with van der Waals surface area (Å²) in [5, 5.41) is 3.40. The van der Waals surface area contributed by atoms with E-state index in [4.69, 9.17) is 4.74 Å². The largest absolute Gasteiger partial charge is 0.496 e. The molecule has 2 aromatic carbocycles. The van der Waals surface area contributed by atoms with Gasteiger partial charge in [0.2, 0.25) is 0 Å². The lowest BCUT2D eigenvalue weighted by atomic mass is 10.2. The van der Waals surface area contributed by atoms with Gasteiger partial charge in [-0.15, -0.1) is 12.4 Å². The van der Waals surface area contributed by atoms with E-state index in [0.717, 1.165) is 22.5 Å². The molecular formula is C15H17BrClNO. The number of anilines is 1. The number of methoxy groups -OCH3 is 1. The van der Waals surface area contributed by atoms with E-state index in [1.54, 1.807) is 7.11 Å². The van der Waals surface area contributed by atoms with Gasteiger partial charge in [-0.25, -0.2) is 0 Å². The molecular weight excluding hydrogens is 326 g/mol. The molecule has 0 heterocycles. The van der Waals surface area contributed by atoms with Crippen LogP contribution in [-0.4, -0.2) is 7.11 Å². The quantitative estimate of drug-likeness (QED) is 0.861. The van der Waals surface area contributed by atoms with Crippen molar-refractivity contribution in [2.75, 3.05) is 12.4 Å². The second kappa shape index (κ2) is 7.41. The van der Waals surface area contributed by atoms with Gasteiger partial charge < -0.3 is 10.1 Å². The molecule has 0 aliphatic rings. The summed E-state index contributed by atoms with van der Waals surface area (Å²) >= 11 is 3.49. The number of hydrogen-bond acceptors (Lipinski definition) is 2. The highest BCUT2D eigenvalue weighted by molar-refractivity contribution is 9.10. The van der Waals surface area contributed by atoms with Gasteiger partial charge in [0.1, 0.15) is 5.75 Å². The Balaban J connectivity index is 0.00000180. The molecule has 102 valence electrons. The zero-order chi connectivity index (χ0) is 13.0. The van der Waals surface area contributed by atoms with E-state index in [9.17, 15) is 0 Å². The fourth-order valence-electron chi connectivity index (χ4n) is 1.78. The standard InChI is InChI=1S/C15H16BrNO.ClH/c1-11-4-3-5-13(8-11)17-10-12-6-7-15(18-2)14(16)9-12;/h3-9,17H,10H2,1-2H3;1H. The number of rotatable bonds is 4. The Morgan fingerprint density at radius 1 is 1.16 bits per heavy atom. The zero-order valence-electron chi connectivity index (χ0n) is 10.9. The third kappa shape index (κ3) is 4.44. The van der Waals surface area contributed by atoms with Gasteiger partial charge in [-0.05, 0) is 58.2 Å². The molecule has 0 unspecified atom stereocenters. The molecule has 0 radical (unpaired) electrons. The topological polar surface area (TPSA) is 21.3 Å². The van der Waals surface area contributed by atoms with E-state index in [1.807, 2.05) is 6.07 Å². The van der Waals surface area contributed by atoms with Gasteiger partial charge in [0.05, 0.1) is 11.6 Å². The molecule has 0 aliphatic carbocycles. The lowest BCUT2D eigenvalue weighted by Crippen LogP contribution is -1.99. The van der Waals surface area contributed by atoms with Gasteiger partial charge in [0, 0.05) is 12.2 Å².